The van der Waals surface area contributed by atoms with Crippen LogP contribution in [-0.4, -0.2) is 6.03 Å². The van der Waals surface area contributed by atoms with Crippen molar-refractivity contribution in [3.05, 3.63) is 96.2 Å². The summed E-state index contributed by atoms with van der Waals surface area (Å²) in [6.45, 7) is 2.04. The van der Waals surface area contributed by atoms with Crippen LogP contribution in [0.25, 0.3) is 6.08 Å². The molecule has 0 aromatic heterocycles. The molecule has 4 nitrogen and oxygen atoms in total. The number of amides is 2. The Labute approximate surface area is 153 Å². The van der Waals surface area contributed by atoms with Gasteiger partial charge in [0, 0.05) is 11.9 Å². The molecule has 0 spiro atoms. The third kappa shape index (κ3) is 4.30. The van der Waals surface area contributed by atoms with Crippen molar-refractivity contribution < 1.29 is 4.79 Å². The van der Waals surface area contributed by atoms with Gasteiger partial charge in [-0.05, 0) is 55.0 Å². The third-order valence-corrected chi connectivity index (χ3v) is 3.89. The predicted octanol–water partition coefficient (Wildman–Crippen LogP) is 5.10. The summed E-state index contributed by atoms with van der Waals surface area (Å²) in [5, 5.41) is 2.84. The van der Waals surface area contributed by atoms with Crippen molar-refractivity contribution >= 4 is 29.2 Å². The monoisotopic (exact) mass is 343 g/mol. The van der Waals surface area contributed by atoms with E-state index in [1.165, 1.54) is 5.56 Å². The smallest absolute Gasteiger partial charge is 0.330 e. The average Bonchev–Trinajstić information content (AvgIpc) is 2.65. The fourth-order valence-electron chi connectivity index (χ4n) is 2.63. The SMILES string of the molecule is Cc1cccc(/C=C/NC(=O)N(c2ccccc2)c2ccc(N)cc2)c1. The number of nitrogens with one attached hydrogen (secondary N) is 1. The molecule has 0 fully saturated rings. The van der Waals surface area contributed by atoms with Crippen molar-refractivity contribution in [1.29, 1.82) is 0 Å². The Morgan fingerprint density at radius 2 is 1.62 bits per heavy atom. The minimum absolute atomic E-state index is 0.245. The molecule has 3 N–H and O–H groups in total. The van der Waals surface area contributed by atoms with Crippen LogP contribution >= 0.6 is 0 Å². The first-order valence-electron chi connectivity index (χ1n) is 8.38. The molecule has 3 aromatic carbocycles. The Morgan fingerprint density at radius 1 is 0.923 bits per heavy atom. The number of benzene rings is 3. The minimum Gasteiger partial charge on any atom is -0.399 e. The van der Waals surface area contributed by atoms with Crippen molar-refractivity contribution in [3.63, 3.8) is 0 Å². The molecule has 3 aromatic rings. The number of carbonyl (C=O) groups excluding carboxylic acids is 1. The summed E-state index contributed by atoms with van der Waals surface area (Å²) in [5.74, 6) is 0. The van der Waals surface area contributed by atoms with Crippen molar-refractivity contribution in [3.8, 4) is 0 Å². The molecule has 0 saturated heterocycles. The fraction of sp³-hybridized carbons (Fsp3) is 0.0455. The van der Waals surface area contributed by atoms with E-state index < -0.39 is 0 Å². The Balaban J connectivity index is 1.82. The van der Waals surface area contributed by atoms with Crippen LogP contribution < -0.4 is 16.0 Å². The topological polar surface area (TPSA) is 58.4 Å². The van der Waals surface area contributed by atoms with Gasteiger partial charge in [0.05, 0.1) is 11.4 Å². The summed E-state index contributed by atoms with van der Waals surface area (Å²) >= 11 is 0. The lowest BCUT2D eigenvalue weighted by Gasteiger charge is -2.22. The molecule has 0 aliphatic heterocycles. The quantitative estimate of drug-likeness (QED) is 0.648. The van der Waals surface area contributed by atoms with Gasteiger partial charge in [0.15, 0.2) is 0 Å². The van der Waals surface area contributed by atoms with Crippen LogP contribution in [0.4, 0.5) is 21.9 Å². The molecule has 2 amide bonds. The van der Waals surface area contributed by atoms with Crippen molar-refractivity contribution in [2.75, 3.05) is 10.6 Å². The second kappa shape index (κ2) is 8.03. The Hall–Kier alpha value is -3.53. The van der Waals surface area contributed by atoms with Gasteiger partial charge in [0.2, 0.25) is 0 Å². The highest BCUT2D eigenvalue weighted by Gasteiger charge is 2.16. The van der Waals surface area contributed by atoms with Crippen molar-refractivity contribution in [2.45, 2.75) is 6.92 Å². The van der Waals surface area contributed by atoms with E-state index in [-0.39, 0.29) is 6.03 Å². The summed E-state index contributed by atoms with van der Waals surface area (Å²) in [6, 6.07) is 24.5. The summed E-state index contributed by atoms with van der Waals surface area (Å²) in [7, 11) is 0. The van der Waals surface area contributed by atoms with Gasteiger partial charge in [-0.2, -0.15) is 0 Å². The van der Waals surface area contributed by atoms with Crippen LogP contribution in [0.15, 0.2) is 85.1 Å². The van der Waals surface area contributed by atoms with Crippen LogP contribution in [0.1, 0.15) is 11.1 Å². The molecule has 0 atom stereocenters. The van der Waals surface area contributed by atoms with Gasteiger partial charge in [0.1, 0.15) is 0 Å². The van der Waals surface area contributed by atoms with Crippen LogP contribution in [0.2, 0.25) is 0 Å². The second-order valence-electron chi connectivity index (χ2n) is 5.96. The van der Waals surface area contributed by atoms with E-state index in [2.05, 4.69) is 11.4 Å². The highest BCUT2D eigenvalue weighted by atomic mass is 16.2. The first-order valence-corrected chi connectivity index (χ1v) is 8.38. The lowest BCUT2D eigenvalue weighted by atomic mass is 10.1. The van der Waals surface area contributed by atoms with Gasteiger partial charge in [-0.3, -0.25) is 4.90 Å². The molecule has 0 saturated carbocycles. The number of urea groups is 1. The lowest BCUT2D eigenvalue weighted by molar-refractivity contribution is 0.251. The second-order valence-corrected chi connectivity index (χ2v) is 5.96. The average molecular weight is 343 g/mol. The molecule has 26 heavy (non-hydrogen) atoms. The molecule has 0 aliphatic rings. The van der Waals surface area contributed by atoms with E-state index in [1.807, 2.05) is 73.7 Å². The predicted molar refractivity (Wildman–Crippen MR) is 108 cm³/mol. The number of nitrogens with two attached hydrogens (primary N) is 1. The zero-order chi connectivity index (χ0) is 18.4. The van der Waals surface area contributed by atoms with Gasteiger partial charge in [-0.15, -0.1) is 0 Å². The number of anilines is 3. The summed E-state index contributed by atoms with van der Waals surface area (Å²) < 4.78 is 0. The fourth-order valence-corrected chi connectivity index (χ4v) is 2.63. The van der Waals surface area contributed by atoms with Crippen LogP contribution in [0, 0.1) is 6.92 Å². The number of para-hydroxylation sites is 1. The number of nitrogen functional groups attached to an aromatic ring is 1. The molecule has 0 radical (unpaired) electrons. The van der Waals surface area contributed by atoms with E-state index in [9.17, 15) is 4.79 Å². The third-order valence-electron chi connectivity index (χ3n) is 3.89. The maximum absolute atomic E-state index is 12.8. The van der Waals surface area contributed by atoms with Crippen LogP contribution in [0.5, 0.6) is 0 Å². The minimum atomic E-state index is -0.245. The van der Waals surface area contributed by atoms with E-state index in [0.29, 0.717) is 5.69 Å². The van der Waals surface area contributed by atoms with Gasteiger partial charge in [-0.25, -0.2) is 4.79 Å². The highest BCUT2D eigenvalue weighted by molar-refractivity contribution is 6.00. The molecule has 0 unspecified atom stereocenters. The summed E-state index contributed by atoms with van der Waals surface area (Å²) in [6.07, 6.45) is 3.53. The molecule has 3 rings (SSSR count). The first-order chi connectivity index (χ1) is 12.6. The molecule has 130 valence electrons. The first kappa shape index (κ1) is 17.3. The molecule has 0 heterocycles. The maximum Gasteiger partial charge on any atom is 0.330 e. The van der Waals surface area contributed by atoms with Gasteiger partial charge in [0.25, 0.3) is 0 Å². The van der Waals surface area contributed by atoms with Crippen molar-refractivity contribution in [1.82, 2.24) is 5.32 Å². The van der Waals surface area contributed by atoms with Gasteiger partial charge in [-0.1, -0.05) is 48.0 Å². The highest BCUT2D eigenvalue weighted by Crippen LogP contribution is 2.26. The number of rotatable bonds is 4. The number of hydrogen-bond acceptors (Lipinski definition) is 2. The number of carbonyl (C=O) groups is 1. The van der Waals surface area contributed by atoms with Gasteiger partial charge >= 0.3 is 6.03 Å². The Kier molecular flexibility index (Phi) is 5.34. The largest absolute Gasteiger partial charge is 0.399 e. The zero-order valence-electron chi connectivity index (χ0n) is 14.6. The van der Waals surface area contributed by atoms with Crippen LogP contribution in [-0.2, 0) is 0 Å². The van der Waals surface area contributed by atoms with E-state index in [0.717, 1.165) is 16.9 Å². The van der Waals surface area contributed by atoms with Gasteiger partial charge < -0.3 is 11.1 Å². The van der Waals surface area contributed by atoms with E-state index >= 15 is 0 Å². The van der Waals surface area contributed by atoms with Crippen LogP contribution in [0.3, 0.4) is 0 Å². The number of hydrogen-bond donors (Lipinski definition) is 2. The normalized spacial score (nSPS) is 10.7. The molecular weight excluding hydrogens is 322 g/mol. The Bertz CT molecular complexity index is 902. The standard InChI is InChI=1S/C22H21N3O/c1-17-6-5-7-18(16-17)14-15-24-22(26)25(20-8-3-2-4-9-20)21-12-10-19(23)11-13-21/h2-16H,23H2,1H3,(H,24,26)/b15-14+. The number of aryl methyl sites for hydroxylation is 1. The van der Waals surface area contributed by atoms with E-state index in [4.69, 9.17) is 5.73 Å². The maximum atomic E-state index is 12.8. The number of nitrogens with zero attached hydrogens (tertiary/aromatic N) is 1. The zero-order valence-corrected chi connectivity index (χ0v) is 14.6. The summed E-state index contributed by atoms with van der Waals surface area (Å²) in [5.41, 5.74) is 10.1. The molecule has 4 heteroatoms. The lowest BCUT2D eigenvalue weighted by Crippen LogP contribution is -2.33. The molecule has 0 bridgehead atoms. The molecule has 0 aliphatic carbocycles. The van der Waals surface area contributed by atoms with Crippen molar-refractivity contribution in [2.24, 2.45) is 0 Å². The van der Waals surface area contributed by atoms with E-state index in [1.54, 1.807) is 23.2 Å². The Morgan fingerprint density at radius 3 is 2.31 bits per heavy atom. The molecular formula is C22H21N3O. The summed E-state index contributed by atoms with van der Waals surface area (Å²) in [4.78, 5) is 14.4.